The number of amides is 1. The third kappa shape index (κ3) is 4.12. The minimum Gasteiger partial charge on any atom is -0.403 e. The third-order valence-corrected chi connectivity index (χ3v) is 4.88. The molecule has 0 bridgehead atoms. The van der Waals surface area contributed by atoms with E-state index >= 15 is 0 Å². The summed E-state index contributed by atoms with van der Waals surface area (Å²) < 4.78 is 29.1. The van der Waals surface area contributed by atoms with Crippen molar-refractivity contribution in [1.29, 1.82) is 0 Å². The van der Waals surface area contributed by atoms with Crippen molar-refractivity contribution in [2.75, 3.05) is 11.6 Å². The first-order valence-corrected chi connectivity index (χ1v) is 9.72. The number of nitrogens with zero attached hydrogens (tertiary/aromatic N) is 2. The lowest BCUT2D eigenvalue weighted by Gasteiger charge is -2.01. The van der Waals surface area contributed by atoms with Crippen LogP contribution in [-0.4, -0.2) is 30.8 Å². The van der Waals surface area contributed by atoms with E-state index in [1.54, 1.807) is 30.3 Å². The van der Waals surface area contributed by atoms with Crippen LogP contribution in [0.15, 0.2) is 62.3 Å². The molecule has 7 nitrogen and oxygen atoms in total. The zero-order chi connectivity index (χ0) is 18.0. The van der Waals surface area contributed by atoms with Crippen LogP contribution in [0.5, 0.6) is 0 Å². The first-order valence-electron chi connectivity index (χ1n) is 7.04. The van der Waals surface area contributed by atoms with E-state index in [-0.39, 0.29) is 22.7 Å². The Labute approximate surface area is 152 Å². The number of sulfone groups is 1. The molecule has 3 rings (SSSR count). The molecule has 3 aromatic rings. The van der Waals surface area contributed by atoms with Crippen LogP contribution in [0.1, 0.15) is 10.4 Å². The van der Waals surface area contributed by atoms with Gasteiger partial charge in [-0.1, -0.05) is 27.1 Å². The molecule has 1 heterocycles. The predicted octanol–water partition coefficient (Wildman–Crippen LogP) is 3.15. The van der Waals surface area contributed by atoms with Crippen LogP contribution < -0.4 is 5.32 Å². The Morgan fingerprint density at radius 1 is 1.12 bits per heavy atom. The average molecular weight is 422 g/mol. The zero-order valence-electron chi connectivity index (χ0n) is 12.9. The highest BCUT2D eigenvalue weighted by atomic mass is 79.9. The fourth-order valence-electron chi connectivity index (χ4n) is 2.03. The van der Waals surface area contributed by atoms with Gasteiger partial charge in [0.1, 0.15) is 0 Å². The van der Waals surface area contributed by atoms with E-state index in [1.165, 1.54) is 12.1 Å². The number of hydrogen-bond donors (Lipinski definition) is 1. The molecule has 25 heavy (non-hydrogen) atoms. The van der Waals surface area contributed by atoms with Crippen LogP contribution in [0.25, 0.3) is 11.5 Å². The molecule has 2 aromatic carbocycles. The van der Waals surface area contributed by atoms with Gasteiger partial charge in [-0.25, -0.2) is 8.42 Å². The summed E-state index contributed by atoms with van der Waals surface area (Å²) >= 11 is 3.30. The van der Waals surface area contributed by atoms with Gasteiger partial charge in [0.05, 0.1) is 4.90 Å². The lowest BCUT2D eigenvalue weighted by atomic mass is 10.2. The van der Waals surface area contributed by atoms with Crippen LogP contribution in [-0.2, 0) is 9.84 Å². The van der Waals surface area contributed by atoms with Crippen LogP contribution >= 0.6 is 15.9 Å². The van der Waals surface area contributed by atoms with Gasteiger partial charge < -0.3 is 4.42 Å². The molecular weight excluding hydrogens is 410 g/mol. The summed E-state index contributed by atoms with van der Waals surface area (Å²) in [6, 6.07) is 12.8. The van der Waals surface area contributed by atoms with Crippen LogP contribution in [0.2, 0.25) is 0 Å². The van der Waals surface area contributed by atoms with Gasteiger partial charge in [0.25, 0.3) is 5.91 Å². The Morgan fingerprint density at radius 3 is 2.48 bits per heavy atom. The molecule has 0 aliphatic heterocycles. The van der Waals surface area contributed by atoms with Gasteiger partial charge in [0.15, 0.2) is 9.84 Å². The summed E-state index contributed by atoms with van der Waals surface area (Å²) in [7, 11) is -3.27. The Bertz CT molecular complexity index is 1030. The summed E-state index contributed by atoms with van der Waals surface area (Å²) in [6.07, 6.45) is 1.13. The highest BCUT2D eigenvalue weighted by Gasteiger charge is 2.14. The maximum absolute atomic E-state index is 12.1. The van der Waals surface area contributed by atoms with E-state index in [9.17, 15) is 13.2 Å². The summed E-state index contributed by atoms with van der Waals surface area (Å²) in [5.41, 5.74) is 0.981. The van der Waals surface area contributed by atoms with Crippen molar-refractivity contribution in [2.45, 2.75) is 4.90 Å². The van der Waals surface area contributed by atoms with Crippen molar-refractivity contribution in [2.24, 2.45) is 0 Å². The van der Waals surface area contributed by atoms with E-state index in [2.05, 4.69) is 31.4 Å². The maximum Gasteiger partial charge on any atom is 0.322 e. The van der Waals surface area contributed by atoms with Crippen molar-refractivity contribution in [3.8, 4) is 11.5 Å². The molecule has 0 radical (unpaired) electrons. The molecule has 0 spiro atoms. The summed E-state index contributed by atoms with van der Waals surface area (Å²) in [5.74, 6) is -0.214. The van der Waals surface area contributed by atoms with E-state index in [1.807, 2.05) is 6.07 Å². The second kappa shape index (κ2) is 6.77. The van der Waals surface area contributed by atoms with Crippen molar-refractivity contribution in [3.05, 3.63) is 58.6 Å². The Hall–Kier alpha value is -2.52. The smallest absolute Gasteiger partial charge is 0.322 e. The number of aromatic nitrogens is 2. The molecule has 0 aliphatic rings. The second-order valence-electron chi connectivity index (χ2n) is 5.17. The van der Waals surface area contributed by atoms with E-state index in [4.69, 9.17) is 4.42 Å². The van der Waals surface area contributed by atoms with Gasteiger partial charge >= 0.3 is 6.01 Å². The van der Waals surface area contributed by atoms with Crippen molar-refractivity contribution in [1.82, 2.24) is 10.2 Å². The number of benzene rings is 2. The first-order chi connectivity index (χ1) is 11.8. The standard InChI is InChI=1S/C16H12BrN3O4S/c1-25(22,23)13-7-5-10(6-8-13)15-19-20-16(24-15)18-14(21)11-3-2-4-12(17)9-11/h2-9H,1H3,(H,18,20,21). The highest BCUT2D eigenvalue weighted by Crippen LogP contribution is 2.22. The summed E-state index contributed by atoms with van der Waals surface area (Å²) in [4.78, 5) is 12.3. The number of nitrogens with one attached hydrogen (secondary N) is 1. The fourth-order valence-corrected chi connectivity index (χ4v) is 3.06. The van der Waals surface area contributed by atoms with E-state index in [0.717, 1.165) is 10.7 Å². The molecule has 1 aromatic heterocycles. The number of anilines is 1. The molecule has 0 saturated carbocycles. The molecule has 0 unspecified atom stereocenters. The van der Waals surface area contributed by atoms with Crippen LogP contribution in [0.4, 0.5) is 6.01 Å². The normalized spacial score (nSPS) is 11.3. The number of hydrogen-bond acceptors (Lipinski definition) is 6. The first kappa shape index (κ1) is 17.3. The summed E-state index contributed by atoms with van der Waals surface area (Å²) in [5, 5.41) is 10.1. The molecule has 0 atom stereocenters. The minimum absolute atomic E-state index is 0.0489. The molecular formula is C16H12BrN3O4S. The van der Waals surface area contributed by atoms with Gasteiger partial charge in [-0.15, -0.1) is 5.10 Å². The van der Waals surface area contributed by atoms with Gasteiger partial charge in [0, 0.05) is 21.9 Å². The topological polar surface area (TPSA) is 102 Å². The fraction of sp³-hybridized carbons (Fsp3) is 0.0625. The number of carbonyl (C=O) groups is 1. The molecule has 0 fully saturated rings. The molecule has 0 saturated heterocycles. The summed E-state index contributed by atoms with van der Waals surface area (Å²) in [6.45, 7) is 0. The van der Waals surface area contributed by atoms with Crippen molar-refractivity contribution >= 4 is 37.7 Å². The number of rotatable bonds is 4. The van der Waals surface area contributed by atoms with Crippen LogP contribution in [0.3, 0.4) is 0 Å². The largest absolute Gasteiger partial charge is 0.403 e. The quantitative estimate of drug-likeness (QED) is 0.693. The lowest BCUT2D eigenvalue weighted by molar-refractivity contribution is 0.102. The van der Waals surface area contributed by atoms with Gasteiger partial charge in [-0.2, -0.15) is 0 Å². The SMILES string of the molecule is CS(=O)(=O)c1ccc(-c2nnc(NC(=O)c3cccc(Br)c3)o2)cc1. The number of halogens is 1. The van der Waals surface area contributed by atoms with E-state index < -0.39 is 9.84 Å². The maximum atomic E-state index is 12.1. The zero-order valence-corrected chi connectivity index (χ0v) is 15.3. The number of carbonyl (C=O) groups excluding carboxylic acids is 1. The predicted molar refractivity (Wildman–Crippen MR) is 94.9 cm³/mol. The second-order valence-corrected chi connectivity index (χ2v) is 8.10. The third-order valence-electron chi connectivity index (χ3n) is 3.26. The highest BCUT2D eigenvalue weighted by molar-refractivity contribution is 9.10. The van der Waals surface area contributed by atoms with E-state index in [0.29, 0.717) is 11.1 Å². The van der Waals surface area contributed by atoms with Gasteiger partial charge in [0.2, 0.25) is 5.89 Å². The van der Waals surface area contributed by atoms with Crippen molar-refractivity contribution in [3.63, 3.8) is 0 Å². The molecule has 1 N–H and O–H groups in total. The minimum atomic E-state index is -3.27. The van der Waals surface area contributed by atoms with Crippen LogP contribution in [0, 0.1) is 0 Å². The van der Waals surface area contributed by atoms with Gasteiger partial charge in [-0.3, -0.25) is 10.1 Å². The monoisotopic (exact) mass is 421 g/mol. The Kier molecular flexibility index (Phi) is 4.69. The molecule has 1 amide bonds. The lowest BCUT2D eigenvalue weighted by Crippen LogP contribution is -2.11. The molecule has 128 valence electrons. The Morgan fingerprint density at radius 2 is 1.84 bits per heavy atom. The van der Waals surface area contributed by atoms with Crippen molar-refractivity contribution < 1.29 is 17.6 Å². The Balaban J connectivity index is 1.77. The van der Waals surface area contributed by atoms with Gasteiger partial charge in [-0.05, 0) is 42.5 Å². The molecule has 9 heteroatoms. The molecule has 0 aliphatic carbocycles. The average Bonchev–Trinajstić information content (AvgIpc) is 3.02.